The van der Waals surface area contributed by atoms with Crippen molar-refractivity contribution in [1.82, 2.24) is 0 Å². The molecule has 2 heteroatoms. The van der Waals surface area contributed by atoms with Crippen LogP contribution in [0.5, 0.6) is 0 Å². The first-order valence-electron chi connectivity index (χ1n) is 3.70. The lowest BCUT2D eigenvalue weighted by atomic mass is 10.1. The lowest BCUT2D eigenvalue weighted by molar-refractivity contribution is -0.362. The number of hydrogen-bond acceptors (Lipinski definition) is 1. The summed E-state index contributed by atoms with van der Waals surface area (Å²) in [5.41, 5.74) is 1.41. The molecule has 0 bridgehead atoms. The highest BCUT2D eigenvalue weighted by Crippen LogP contribution is 2.14. The normalized spacial score (nSPS) is 15.6. The van der Waals surface area contributed by atoms with Gasteiger partial charge in [-0.25, -0.2) is 4.98 Å². The number of aryl methyl sites for hydroxylation is 1. The fraction of sp³-hybridized carbons (Fsp3) is 0.375. The lowest BCUT2D eigenvalue weighted by Crippen LogP contribution is -2.20. The van der Waals surface area contributed by atoms with Gasteiger partial charge in [-0.2, -0.15) is 0 Å². The summed E-state index contributed by atoms with van der Waals surface area (Å²) in [5.74, 6) is 1.20. The number of aromatic amines is 1. The molecule has 52 valence electrons. The average molecular weight is 135 g/mol. The minimum absolute atomic E-state index is 1.10. The van der Waals surface area contributed by atoms with Gasteiger partial charge < -0.3 is 0 Å². The Morgan fingerprint density at radius 1 is 1.50 bits per heavy atom. The number of nitrogens with one attached hydrogen (secondary N) is 2. The van der Waals surface area contributed by atoms with Crippen LogP contribution >= 0.6 is 0 Å². The Balaban J connectivity index is 2.41. The van der Waals surface area contributed by atoms with Gasteiger partial charge in [0.15, 0.2) is 0 Å². The Morgan fingerprint density at radius 3 is 3.40 bits per heavy atom. The highest BCUT2D eigenvalue weighted by atomic mass is 15.0. The molecule has 2 N–H and O–H groups in total. The van der Waals surface area contributed by atoms with E-state index in [1.165, 1.54) is 24.2 Å². The minimum atomic E-state index is 1.10. The van der Waals surface area contributed by atoms with Crippen LogP contribution in [0.3, 0.4) is 0 Å². The van der Waals surface area contributed by atoms with Gasteiger partial charge >= 0.3 is 0 Å². The second-order valence-electron chi connectivity index (χ2n) is 2.60. The maximum Gasteiger partial charge on any atom is 0.275 e. The number of aromatic nitrogens is 1. The summed E-state index contributed by atoms with van der Waals surface area (Å²) < 4.78 is 0. The predicted molar refractivity (Wildman–Crippen MR) is 39.8 cm³/mol. The van der Waals surface area contributed by atoms with E-state index in [1.54, 1.807) is 0 Å². The molecule has 2 heterocycles. The van der Waals surface area contributed by atoms with Crippen LogP contribution in [0, 0.1) is 0 Å². The Kier molecular flexibility index (Phi) is 1.31. The number of hydrogen-bond donors (Lipinski definition) is 1. The SMILES string of the molecule is c1c[nH+]c2c(c1)CCCN2. The Labute approximate surface area is 60.3 Å². The molecule has 1 aromatic heterocycles. The van der Waals surface area contributed by atoms with Crippen molar-refractivity contribution in [3.05, 3.63) is 23.9 Å². The van der Waals surface area contributed by atoms with Crippen molar-refractivity contribution in [1.29, 1.82) is 0 Å². The molecular formula is C8H11N2+. The summed E-state index contributed by atoms with van der Waals surface area (Å²) in [7, 11) is 0. The Morgan fingerprint density at radius 2 is 2.50 bits per heavy atom. The Hall–Kier alpha value is -1.05. The largest absolute Gasteiger partial charge is 0.275 e. The van der Waals surface area contributed by atoms with E-state index in [-0.39, 0.29) is 0 Å². The van der Waals surface area contributed by atoms with E-state index in [1.807, 2.05) is 12.3 Å². The molecule has 0 aliphatic carbocycles. The monoisotopic (exact) mass is 135 g/mol. The highest BCUT2D eigenvalue weighted by molar-refractivity contribution is 5.40. The van der Waals surface area contributed by atoms with Gasteiger partial charge in [0.2, 0.25) is 0 Å². The molecule has 1 aliphatic heterocycles. The van der Waals surface area contributed by atoms with Gasteiger partial charge in [0.25, 0.3) is 5.82 Å². The number of rotatable bonds is 0. The average Bonchev–Trinajstić information content (AvgIpc) is 2.05. The van der Waals surface area contributed by atoms with Gasteiger partial charge in [0.05, 0.1) is 12.7 Å². The van der Waals surface area contributed by atoms with Crippen LogP contribution in [-0.4, -0.2) is 6.54 Å². The molecule has 0 amide bonds. The molecule has 1 aromatic rings. The highest BCUT2D eigenvalue weighted by Gasteiger charge is 2.12. The molecule has 0 aromatic carbocycles. The molecule has 0 unspecified atom stereocenters. The topological polar surface area (TPSA) is 26.2 Å². The van der Waals surface area contributed by atoms with E-state index in [4.69, 9.17) is 0 Å². The van der Waals surface area contributed by atoms with Crippen molar-refractivity contribution in [3.8, 4) is 0 Å². The van der Waals surface area contributed by atoms with E-state index < -0.39 is 0 Å². The van der Waals surface area contributed by atoms with Crippen LogP contribution in [0.15, 0.2) is 18.3 Å². The fourth-order valence-corrected chi connectivity index (χ4v) is 1.34. The molecule has 0 fully saturated rings. The smallest absolute Gasteiger partial charge is 0.274 e. The molecule has 0 spiro atoms. The number of anilines is 1. The van der Waals surface area contributed by atoms with Crippen molar-refractivity contribution in [2.45, 2.75) is 12.8 Å². The standard InChI is InChI=1S/C8H10N2/c1-3-7-4-2-6-10-8(7)9-5-1/h1,3,5H,2,4,6H2,(H,9,10)/p+1. The molecule has 10 heavy (non-hydrogen) atoms. The summed E-state index contributed by atoms with van der Waals surface area (Å²) in [5, 5.41) is 3.31. The maximum atomic E-state index is 3.31. The fourth-order valence-electron chi connectivity index (χ4n) is 1.34. The third kappa shape index (κ3) is 0.856. The summed E-state index contributed by atoms with van der Waals surface area (Å²) in [4.78, 5) is 3.18. The van der Waals surface area contributed by atoms with Gasteiger partial charge in [0, 0.05) is 5.56 Å². The summed E-state index contributed by atoms with van der Waals surface area (Å²) >= 11 is 0. The van der Waals surface area contributed by atoms with Crippen molar-refractivity contribution < 1.29 is 4.98 Å². The third-order valence-electron chi connectivity index (χ3n) is 1.87. The molecule has 1 aliphatic rings. The predicted octanol–water partition coefficient (Wildman–Crippen LogP) is 0.859. The second-order valence-corrected chi connectivity index (χ2v) is 2.60. The Bertz CT molecular complexity index is 207. The van der Waals surface area contributed by atoms with Gasteiger partial charge in [-0.1, -0.05) is 0 Å². The van der Waals surface area contributed by atoms with Crippen molar-refractivity contribution in [2.75, 3.05) is 11.9 Å². The van der Waals surface area contributed by atoms with Crippen LogP contribution in [0.1, 0.15) is 12.0 Å². The molecule has 0 saturated heterocycles. The first-order valence-corrected chi connectivity index (χ1v) is 3.70. The molecule has 2 rings (SSSR count). The molecule has 0 atom stereocenters. The van der Waals surface area contributed by atoms with Gasteiger partial charge in [0.1, 0.15) is 0 Å². The van der Waals surface area contributed by atoms with E-state index in [2.05, 4.69) is 16.4 Å². The van der Waals surface area contributed by atoms with E-state index in [9.17, 15) is 0 Å². The maximum absolute atomic E-state index is 3.31. The molecular weight excluding hydrogens is 124 g/mol. The van der Waals surface area contributed by atoms with E-state index in [0.717, 1.165) is 6.54 Å². The second kappa shape index (κ2) is 2.29. The van der Waals surface area contributed by atoms with Gasteiger partial charge in [-0.05, 0) is 25.0 Å². The lowest BCUT2D eigenvalue weighted by Gasteiger charge is -2.09. The minimum Gasteiger partial charge on any atom is -0.274 e. The van der Waals surface area contributed by atoms with Crippen LogP contribution in [-0.2, 0) is 6.42 Å². The van der Waals surface area contributed by atoms with E-state index in [0.29, 0.717) is 0 Å². The molecule has 0 radical (unpaired) electrons. The van der Waals surface area contributed by atoms with Crippen LogP contribution < -0.4 is 10.3 Å². The first kappa shape index (κ1) is 5.71. The zero-order valence-electron chi connectivity index (χ0n) is 5.85. The third-order valence-corrected chi connectivity index (χ3v) is 1.87. The quantitative estimate of drug-likeness (QED) is 0.561. The van der Waals surface area contributed by atoms with Gasteiger partial charge in [-0.15, -0.1) is 0 Å². The van der Waals surface area contributed by atoms with Crippen LogP contribution in [0.4, 0.5) is 5.82 Å². The van der Waals surface area contributed by atoms with Gasteiger partial charge in [-0.3, -0.25) is 5.32 Å². The number of pyridine rings is 1. The van der Waals surface area contributed by atoms with Crippen molar-refractivity contribution in [3.63, 3.8) is 0 Å². The first-order chi connectivity index (χ1) is 4.97. The van der Waals surface area contributed by atoms with Crippen LogP contribution in [0.25, 0.3) is 0 Å². The zero-order chi connectivity index (χ0) is 6.81. The molecule has 2 nitrogen and oxygen atoms in total. The summed E-state index contributed by atoms with van der Waals surface area (Å²) in [6.45, 7) is 1.10. The summed E-state index contributed by atoms with van der Waals surface area (Å²) in [6.07, 6.45) is 4.42. The van der Waals surface area contributed by atoms with Crippen molar-refractivity contribution in [2.24, 2.45) is 0 Å². The van der Waals surface area contributed by atoms with E-state index >= 15 is 0 Å². The van der Waals surface area contributed by atoms with Crippen molar-refractivity contribution >= 4 is 5.82 Å². The zero-order valence-corrected chi connectivity index (χ0v) is 5.85. The summed E-state index contributed by atoms with van der Waals surface area (Å²) in [6, 6.07) is 4.21. The number of H-pyrrole nitrogens is 1. The number of fused-ring (bicyclic) bond motifs is 1. The molecule has 0 saturated carbocycles. The van der Waals surface area contributed by atoms with Crippen LogP contribution in [0.2, 0.25) is 0 Å².